The zero-order valence-electron chi connectivity index (χ0n) is 11.6. The number of thiocarbonyl (C=S) groups is 1. The van der Waals surface area contributed by atoms with Crippen molar-refractivity contribution in [2.75, 3.05) is 25.5 Å². The van der Waals surface area contributed by atoms with Gasteiger partial charge in [-0.1, -0.05) is 19.9 Å². The van der Waals surface area contributed by atoms with Gasteiger partial charge in [0.05, 0.1) is 6.34 Å². The van der Waals surface area contributed by atoms with E-state index in [1.54, 1.807) is 6.34 Å². The van der Waals surface area contributed by atoms with E-state index in [2.05, 4.69) is 64.5 Å². The Bertz CT molecular complexity index is 537. The highest BCUT2D eigenvalue weighted by atomic mass is 127. The number of rotatable bonds is 1. The molecule has 1 aromatic rings. The van der Waals surface area contributed by atoms with Crippen molar-refractivity contribution in [2.24, 2.45) is 4.99 Å². The van der Waals surface area contributed by atoms with E-state index >= 15 is 0 Å². The molecular weight excluding hydrogens is 369 g/mol. The van der Waals surface area contributed by atoms with Crippen molar-refractivity contribution in [3.63, 3.8) is 0 Å². The maximum absolute atomic E-state index is 5.45. The van der Waals surface area contributed by atoms with E-state index in [1.165, 1.54) is 14.8 Å². The van der Waals surface area contributed by atoms with Crippen molar-refractivity contribution < 1.29 is 0 Å². The van der Waals surface area contributed by atoms with Gasteiger partial charge in [-0.3, -0.25) is 0 Å². The lowest BCUT2D eigenvalue weighted by molar-refractivity contribution is 0.572. The van der Waals surface area contributed by atoms with Gasteiger partial charge < -0.3 is 9.80 Å². The number of halogens is 1. The molecule has 0 spiro atoms. The molecule has 0 amide bonds. The van der Waals surface area contributed by atoms with Gasteiger partial charge in [0.15, 0.2) is 0 Å². The average Bonchev–Trinajstić information content (AvgIpc) is 2.58. The highest BCUT2D eigenvalue weighted by molar-refractivity contribution is 14.1. The second-order valence-electron chi connectivity index (χ2n) is 5.62. The molecule has 1 aliphatic rings. The van der Waals surface area contributed by atoms with Crippen LogP contribution < -0.4 is 4.90 Å². The van der Waals surface area contributed by atoms with Crippen molar-refractivity contribution in [3.8, 4) is 0 Å². The van der Waals surface area contributed by atoms with Crippen LogP contribution in [0.25, 0.3) is 0 Å². The van der Waals surface area contributed by atoms with Crippen LogP contribution >= 0.6 is 34.8 Å². The van der Waals surface area contributed by atoms with Gasteiger partial charge in [0.25, 0.3) is 0 Å². The van der Waals surface area contributed by atoms with E-state index in [-0.39, 0.29) is 5.41 Å². The molecule has 0 atom stereocenters. The Morgan fingerprint density at radius 2 is 2.16 bits per heavy atom. The summed E-state index contributed by atoms with van der Waals surface area (Å²) in [5.74, 6) is 0. The summed E-state index contributed by atoms with van der Waals surface area (Å²) in [7, 11) is 3.88. The monoisotopic (exact) mass is 387 g/mol. The van der Waals surface area contributed by atoms with Crippen LogP contribution in [0.15, 0.2) is 23.2 Å². The molecule has 1 heterocycles. The Kier molecular flexibility index (Phi) is 4.15. The molecule has 0 aliphatic carbocycles. The smallest absolute Gasteiger partial charge is 0.201 e. The zero-order valence-corrected chi connectivity index (χ0v) is 14.6. The molecule has 0 bridgehead atoms. The molecule has 3 nitrogen and oxygen atoms in total. The molecule has 19 heavy (non-hydrogen) atoms. The third-order valence-electron chi connectivity index (χ3n) is 3.16. The van der Waals surface area contributed by atoms with Crippen molar-refractivity contribution in [3.05, 3.63) is 27.3 Å². The van der Waals surface area contributed by atoms with Gasteiger partial charge in [-0.2, -0.15) is 0 Å². The van der Waals surface area contributed by atoms with Crippen molar-refractivity contribution in [2.45, 2.75) is 19.3 Å². The Labute approximate surface area is 133 Å². The largest absolute Gasteiger partial charge is 0.369 e. The normalized spacial score (nSPS) is 16.8. The van der Waals surface area contributed by atoms with Gasteiger partial charge in [0.2, 0.25) is 5.11 Å². The fourth-order valence-corrected chi connectivity index (χ4v) is 2.96. The summed E-state index contributed by atoms with van der Waals surface area (Å²) < 4.78 is 1.22. The zero-order chi connectivity index (χ0) is 14.2. The molecule has 0 saturated heterocycles. The molecule has 1 aromatic carbocycles. The van der Waals surface area contributed by atoms with Gasteiger partial charge >= 0.3 is 0 Å². The van der Waals surface area contributed by atoms with Gasteiger partial charge in [-0.25, -0.2) is 4.99 Å². The third kappa shape index (κ3) is 3.08. The molecule has 102 valence electrons. The Morgan fingerprint density at radius 3 is 2.79 bits per heavy atom. The molecule has 2 rings (SSSR count). The van der Waals surface area contributed by atoms with Crippen molar-refractivity contribution in [1.82, 2.24) is 4.90 Å². The SMILES string of the molecule is CN(C)/C=N/C(=S)N1CC(C)(C)c2ccc(I)cc21. The minimum atomic E-state index is 0.109. The molecule has 5 heteroatoms. The van der Waals surface area contributed by atoms with E-state index in [9.17, 15) is 0 Å². The number of anilines is 1. The van der Waals surface area contributed by atoms with Crippen LogP contribution in [0.3, 0.4) is 0 Å². The number of fused-ring (bicyclic) bond motifs is 1. The summed E-state index contributed by atoms with van der Waals surface area (Å²) >= 11 is 7.79. The highest BCUT2D eigenvalue weighted by Gasteiger charge is 2.36. The molecule has 0 N–H and O–H groups in total. The summed E-state index contributed by atoms with van der Waals surface area (Å²) in [4.78, 5) is 8.38. The van der Waals surface area contributed by atoms with E-state index in [4.69, 9.17) is 12.2 Å². The lowest BCUT2D eigenvalue weighted by Crippen LogP contribution is -2.32. The summed E-state index contributed by atoms with van der Waals surface area (Å²) in [6, 6.07) is 6.54. The van der Waals surface area contributed by atoms with Crippen LogP contribution in [-0.4, -0.2) is 37.0 Å². The highest BCUT2D eigenvalue weighted by Crippen LogP contribution is 2.41. The predicted molar refractivity (Wildman–Crippen MR) is 94.3 cm³/mol. The van der Waals surface area contributed by atoms with Gasteiger partial charge in [0, 0.05) is 35.3 Å². The predicted octanol–water partition coefficient (Wildman–Crippen LogP) is 3.26. The molecule has 0 aromatic heterocycles. The van der Waals surface area contributed by atoms with Crippen LogP contribution in [0.2, 0.25) is 0 Å². The topological polar surface area (TPSA) is 18.8 Å². The number of hydrogen-bond acceptors (Lipinski definition) is 1. The third-order valence-corrected chi connectivity index (χ3v) is 4.16. The first-order chi connectivity index (χ1) is 8.81. The fraction of sp³-hybridized carbons (Fsp3) is 0.429. The number of aliphatic imine (C=N–C) groups is 1. The quantitative estimate of drug-likeness (QED) is 0.319. The first kappa shape index (κ1) is 14.7. The van der Waals surface area contributed by atoms with Gasteiger partial charge in [-0.15, -0.1) is 0 Å². The van der Waals surface area contributed by atoms with Gasteiger partial charge in [0.1, 0.15) is 0 Å². The standard InChI is InChI=1S/C14H18IN3S/c1-14(2)8-18(13(19)16-9-17(3)4)12-7-10(15)5-6-11(12)14/h5-7,9H,8H2,1-4H3/b16-9+. The van der Waals surface area contributed by atoms with Crippen LogP contribution in [0.4, 0.5) is 5.69 Å². The summed E-state index contributed by atoms with van der Waals surface area (Å²) in [5, 5.41) is 0.627. The Hall–Kier alpha value is -0.690. The maximum atomic E-state index is 5.45. The Morgan fingerprint density at radius 1 is 1.47 bits per heavy atom. The van der Waals surface area contributed by atoms with E-state index < -0.39 is 0 Å². The van der Waals surface area contributed by atoms with Crippen molar-refractivity contribution >= 4 is 51.9 Å². The number of nitrogens with zero attached hydrogens (tertiary/aromatic N) is 3. The molecule has 1 aliphatic heterocycles. The number of hydrogen-bond donors (Lipinski definition) is 0. The molecule has 0 radical (unpaired) electrons. The summed E-state index contributed by atoms with van der Waals surface area (Å²) in [6.07, 6.45) is 1.75. The first-order valence-corrected chi connectivity index (χ1v) is 7.62. The minimum Gasteiger partial charge on any atom is -0.369 e. The lowest BCUT2D eigenvalue weighted by atomic mass is 9.87. The maximum Gasteiger partial charge on any atom is 0.201 e. The average molecular weight is 387 g/mol. The molecule has 0 unspecified atom stereocenters. The van der Waals surface area contributed by atoms with Crippen LogP contribution in [0.1, 0.15) is 19.4 Å². The fourth-order valence-electron chi connectivity index (χ4n) is 2.27. The van der Waals surface area contributed by atoms with E-state index in [0.717, 1.165) is 6.54 Å². The van der Waals surface area contributed by atoms with Crippen LogP contribution in [-0.2, 0) is 5.41 Å². The van der Waals surface area contributed by atoms with Crippen molar-refractivity contribution in [1.29, 1.82) is 0 Å². The Balaban J connectivity index is 2.36. The minimum absolute atomic E-state index is 0.109. The number of benzene rings is 1. The van der Waals surface area contributed by atoms with Crippen LogP contribution in [0, 0.1) is 3.57 Å². The summed E-state index contributed by atoms with van der Waals surface area (Å²) in [5.41, 5.74) is 2.64. The molecule has 0 fully saturated rings. The van der Waals surface area contributed by atoms with Crippen LogP contribution in [0.5, 0.6) is 0 Å². The van der Waals surface area contributed by atoms with Gasteiger partial charge in [-0.05, 0) is 52.5 Å². The van der Waals surface area contributed by atoms with E-state index in [1.807, 2.05) is 19.0 Å². The molecular formula is C14H18IN3S. The second-order valence-corrected chi connectivity index (χ2v) is 7.23. The second kappa shape index (κ2) is 5.36. The first-order valence-electron chi connectivity index (χ1n) is 6.13. The van der Waals surface area contributed by atoms with E-state index in [0.29, 0.717) is 5.11 Å². The lowest BCUT2D eigenvalue weighted by Gasteiger charge is -2.20. The molecule has 0 saturated carbocycles. The summed E-state index contributed by atoms with van der Waals surface area (Å²) in [6.45, 7) is 5.37.